The van der Waals surface area contributed by atoms with E-state index in [1.807, 2.05) is 0 Å². The zero-order chi connectivity index (χ0) is 21.4. The van der Waals surface area contributed by atoms with Crippen molar-refractivity contribution in [2.24, 2.45) is 11.7 Å². The molecule has 0 saturated heterocycles. The third-order valence-corrected chi connectivity index (χ3v) is 5.79. The van der Waals surface area contributed by atoms with Gasteiger partial charge in [-0.05, 0) is 43.9 Å². The van der Waals surface area contributed by atoms with Crippen LogP contribution in [0.4, 0.5) is 17.6 Å². The van der Waals surface area contributed by atoms with Crippen molar-refractivity contribution >= 4 is 51.7 Å². The average Bonchev–Trinajstić information content (AvgIpc) is 3.54. The number of nitrogens with one attached hydrogen (secondary N) is 1. The Kier molecular flexibility index (Phi) is 5.68. The maximum Gasteiger partial charge on any atom is 0.262 e. The fourth-order valence-corrected chi connectivity index (χ4v) is 3.88. The molecule has 1 aliphatic rings. The largest absolute Gasteiger partial charge is 0.382 e. The summed E-state index contributed by atoms with van der Waals surface area (Å²) in [6.45, 7) is 0.865. The summed E-state index contributed by atoms with van der Waals surface area (Å²) in [7, 11) is 0. The molecule has 1 aliphatic carbocycles. The average molecular weight is 449 g/mol. The molecule has 4 rings (SSSR count). The topological polar surface area (TPSA) is 151 Å². The molecular formula is C19H22Cl2N8O. The van der Waals surface area contributed by atoms with E-state index in [4.69, 9.17) is 45.4 Å². The van der Waals surface area contributed by atoms with Crippen LogP contribution in [0.15, 0.2) is 23.0 Å². The monoisotopic (exact) mass is 448 g/mol. The summed E-state index contributed by atoms with van der Waals surface area (Å²) in [4.78, 5) is 26.2. The van der Waals surface area contributed by atoms with E-state index in [0.29, 0.717) is 47.1 Å². The number of rotatable bonds is 7. The molecule has 1 aromatic carbocycles. The van der Waals surface area contributed by atoms with E-state index >= 15 is 0 Å². The van der Waals surface area contributed by atoms with E-state index in [2.05, 4.69) is 15.3 Å². The van der Waals surface area contributed by atoms with Gasteiger partial charge >= 0.3 is 0 Å². The molecule has 9 nitrogen and oxygen atoms in total. The van der Waals surface area contributed by atoms with E-state index < -0.39 is 0 Å². The Balaban J connectivity index is 1.87. The molecule has 3 aromatic rings. The number of nitrogen functional groups attached to an aromatic ring is 2. The predicted molar refractivity (Wildman–Crippen MR) is 120 cm³/mol. The molecule has 1 fully saturated rings. The van der Waals surface area contributed by atoms with E-state index in [1.54, 1.807) is 22.8 Å². The summed E-state index contributed by atoms with van der Waals surface area (Å²) in [5, 5.41) is 4.24. The molecule has 1 atom stereocenters. The third-order valence-electron chi connectivity index (χ3n) is 5.11. The lowest BCUT2D eigenvalue weighted by atomic mass is 10.1. The second-order valence-electron chi connectivity index (χ2n) is 7.29. The molecule has 158 valence electrons. The minimum absolute atomic E-state index is 0.00715. The standard InChI is InChI=1S/C19H22Cl2N8O/c20-10-3-1-4-11-12(10)18(30)29(8-2-7-22)17(25-11)14(9-5-6-9)26-16-13(21)15(23)27-19(24)28-16/h1,3-4,9,14H,2,5-8,22H2,(H5,23,24,26,27,28)/t14-/m0/s1. The number of fused-ring (bicyclic) bond motifs is 1. The van der Waals surface area contributed by atoms with E-state index in [-0.39, 0.29) is 34.3 Å². The van der Waals surface area contributed by atoms with Crippen molar-refractivity contribution in [3.8, 4) is 0 Å². The van der Waals surface area contributed by atoms with Gasteiger partial charge in [0.1, 0.15) is 16.7 Å². The lowest BCUT2D eigenvalue weighted by molar-refractivity contribution is 0.530. The SMILES string of the molecule is NCCCn1c([C@@H](Nc2nc(N)nc(N)c2Cl)C2CC2)nc2cccc(Cl)c2c1=O. The van der Waals surface area contributed by atoms with Crippen molar-refractivity contribution in [1.82, 2.24) is 19.5 Å². The van der Waals surface area contributed by atoms with E-state index in [1.165, 1.54) is 0 Å². The molecule has 0 radical (unpaired) electrons. The quantitative estimate of drug-likeness (QED) is 0.430. The maximum absolute atomic E-state index is 13.3. The zero-order valence-corrected chi connectivity index (χ0v) is 17.6. The molecule has 2 aromatic heterocycles. The lowest BCUT2D eigenvalue weighted by Crippen LogP contribution is -2.31. The molecule has 7 N–H and O–H groups in total. The molecule has 0 spiro atoms. The summed E-state index contributed by atoms with van der Waals surface area (Å²) in [5.74, 6) is 1.24. The first-order chi connectivity index (χ1) is 14.4. The van der Waals surface area contributed by atoms with Gasteiger partial charge in [-0.25, -0.2) is 4.98 Å². The lowest BCUT2D eigenvalue weighted by Gasteiger charge is -2.23. The van der Waals surface area contributed by atoms with Gasteiger partial charge in [0.25, 0.3) is 5.56 Å². The Hall–Kier alpha value is -2.62. The van der Waals surface area contributed by atoms with Gasteiger partial charge in [-0.1, -0.05) is 29.3 Å². The van der Waals surface area contributed by atoms with Gasteiger partial charge in [0.15, 0.2) is 5.82 Å². The van der Waals surface area contributed by atoms with Gasteiger partial charge in [-0.3, -0.25) is 9.36 Å². The van der Waals surface area contributed by atoms with Crippen LogP contribution in [0, 0.1) is 5.92 Å². The molecular weight excluding hydrogens is 427 g/mol. The van der Waals surface area contributed by atoms with Crippen LogP contribution in [-0.2, 0) is 6.54 Å². The van der Waals surface area contributed by atoms with Crippen LogP contribution < -0.4 is 28.1 Å². The van der Waals surface area contributed by atoms with E-state index in [9.17, 15) is 4.79 Å². The second-order valence-corrected chi connectivity index (χ2v) is 8.08. The zero-order valence-electron chi connectivity index (χ0n) is 16.1. The first-order valence-electron chi connectivity index (χ1n) is 9.64. The van der Waals surface area contributed by atoms with Crippen molar-refractivity contribution in [3.05, 3.63) is 44.4 Å². The molecule has 11 heteroatoms. The van der Waals surface area contributed by atoms with E-state index in [0.717, 1.165) is 12.8 Å². The molecule has 2 heterocycles. The molecule has 0 unspecified atom stereocenters. The summed E-state index contributed by atoms with van der Waals surface area (Å²) >= 11 is 12.6. The summed E-state index contributed by atoms with van der Waals surface area (Å²) in [5.41, 5.74) is 17.6. The van der Waals surface area contributed by atoms with Gasteiger partial charge < -0.3 is 22.5 Å². The molecule has 1 saturated carbocycles. The van der Waals surface area contributed by atoms with Crippen LogP contribution in [0.2, 0.25) is 10.0 Å². The maximum atomic E-state index is 13.3. The minimum Gasteiger partial charge on any atom is -0.382 e. The molecule has 0 aliphatic heterocycles. The third kappa shape index (κ3) is 3.88. The van der Waals surface area contributed by atoms with Gasteiger partial charge in [0.2, 0.25) is 5.95 Å². The van der Waals surface area contributed by atoms with Gasteiger partial charge in [0, 0.05) is 6.54 Å². The van der Waals surface area contributed by atoms with Gasteiger partial charge in [-0.15, -0.1) is 0 Å². The number of nitrogens with two attached hydrogens (primary N) is 3. The summed E-state index contributed by atoms with van der Waals surface area (Å²) < 4.78 is 1.64. The van der Waals surface area contributed by atoms with Crippen LogP contribution in [-0.4, -0.2) is 26.1 Å². The predicted octanol–water partition coefficient (Wildman–Crippen LogP) is 2.57. The number of halogens is 2. The van der Waals surface area contributed by atoms with Crippen molar-refractivity contribution in [2.45, 2.75) is 31.8 Å². The Morgan fingerprint density at radius 1 is 1.20 bits per heavy atom. The van der Waals surface area contributed by atoms with Crippen molar-refractivity contribution < 1.29 is 0 Å². The van der Waals surface area contributed by atoms with Crippen molar-refractivity contribution in [3.63, 3.8) is 0 Å². The Morgan fingerprint density at radius 3 is 2.67 bits per heavy atom. The number of benzene rings is 1. The van der Waals surface area contributed by atoms with Gasteiger partial charge in [-0.2, -0.15) is 9.97 Å². The molecule has 0 amide bonds. The first kappa shape index (κ1) is 20.6. The Bertz CT molecular complexity index is 1160. The highest BCUT2D eigenvalue weighted by atomic mass is 35.5. The van der Waals surface area contributed by atoms with Crippen LogP contribution in [0.1, 0.15) is 31.1 Å². The minimum atomic E-state index is -0.315. The first-order valence-corrected chi connectivity index (χ1v) is 10.4. The normalized spacial score (nSPS) is 14.8. The number of hydrogen-bond acceptors (Lipinski definition) is 8. The number of anilines is 3. The smallest absolute Gasteiger partial charge is 0.262 e. The summed E-state index contributed by atoms with van der Waals surface area (Å²) in [6.07, 6.45) is 2.58. The number of nitrogens with zero attached hydrogens (tertiary/aromatic N) is 4. The van der Waals surface area contributed by atoms with Crippen LogP contribution >= 0.6 is 23.2 Å². The fourth-order valence-electron chi connectivity index (χ4n) is 3.49. The van der Waals surface area contributed by atoms with Gasteiger partial charge in [0.05, 0.1) is 22.0 Å². The molecule has 0 bridgehead atoms. The second kappa shape index (κ2) is 8.25. The Labute approximate surface area is 182 Å². The van der Waals surface area contributed by atoms with Crippen LogP contribution in [0.5, 0.6) is 0 Å². The highest BCUT2D eigenvalue weighted by Crippen LogP contribution is 2.43. The summed E-state index contributed by atoms with van der Waals surface area (Å²) in [6, 6.07) is 4.91. The number of hydrogen-bond donors (Lipinski definition) is 4. The fraction of sp³-hybridized carbons (Fsp3) is 0.368. The highest BCUT2D eigenvalue weighted by Gasteiger charge is 2.36. The Morgan fingerprint density at radius 2 is 1.97 bits per heavy atom. The van der Waals surface area contributed by atoms with Crippen LogP contribution in [0.3, 0.4) is 0 Å². The number of aromatic nitrogens is 4. The van der Waals surface area contributed by atoms with Crippen LogP contribution in [0.25, 0.3) is 10.9 Å². The van der Waals surface area contributed by atoms with Crippen molar-refractivity contribution in [1.29, 1.82) is 0 Å². The molecule has 30 heavy (non-hydrogen) atoms. The highest BCUT2D eigenvalue weighted by molar-refractivity contribution is 6.35. The van der Waals surface area contributed by atoms with Crippen molar-refractivity contribution in [2.75, 3.05) is 23.3 Å².